The van der Waals surface area contributed by atoms with Gasteiger partial charge in [0.05, 0.1) is 25.5 Å². The van der Waals surface area contributed by atoms with Crippen molar-refractivity contribution in [3.8, 4) is 5.88 Å². The number of ether oxygens (including phenoxy) is 1. The Morgan fingerprint density at radius 1 is 1.11 bits per heavy atom. The Labute approximate surface area is 161 Å². The van der Waals surface area contributed by atoms with Crippen LogP contribution in [0.5, 0.6) is 5.88 Å². The number of nitrogens with one attached hydrogen (secondary N) is 1. The molecule has 0 aromatic carbocycles. The molecule has 4 aromatic rings. The summed E-state index contributed by atoms with van der Waals surface area (Å²) in [6.45, 7) is 0.983. The lowest BCUT2D eigenvalue weighted by Gasteiger charge is -2.06. The molecule has 0 atom stereocenters. The van der Waals surface area contributed by atoms with Crippen molar-refractivity contribution in [2.24, 2.45) is 0 Å². The van der Waals surface area contributed by atoms with Crippen LogP contribution in [0.4, 0.5) is 0 Å². The van der Waals surface area contributed by atoms with Crippen LogP contribution in [0.25, 0.3) is 11.2 Å². The molecule has 8 heteroatoms. The molecule has 4 rings (SSSR count). The topological polar surface area (TPSA) is 94.8 Å². The lowest BCUT2D eigenvalue weighted by molar-refractivity contribution is 0.0950. The fourth-order valence-corrected chi connectivity index (χ4v) is 2.80. The molecule has 0 bridgehead atoms. The molecule has 0 spiro atoms. The first-order valence-corrected chi connectivity index (χ1v) is 8.70. The Morgan fingerprint density at radius 3 is 2.79 bits per heavy atom. The van der Waals surface area contributed by atoms with Crippen molar-refractivity contribution in [3.63, 3.8) is 0 Å². The van der Waals surface area contributed by atoms with Crippen molar-refractivity contribution in [2.75, 3.05) is 7.11 Å². The molecule has 4 heterocycles. The first kappa shape index (κ1) is 17.6. The van der Waals surface area contributed by atoms with Crippen LogP contribution in [0.15, 0.2) is 61.4 Å². The lowest BCUT2D eigenvalue weighted by Crippen LogP contribution is -2.23. The Kier molecular flexibility index (Phi) is 4.92. The summed E-state index contributed by atoms with van der Waals surface area (Å²) in [4.78, 5) is 29.5. The van der Waals surface area contributed by atoms with Gasteiger partial charge in [-0.15, -0.1) is 0 Å². The van der Waals surface area contributed by atoms with E-state index < -0.39 is 0 Å². The van der Waals surface area contributed by atoms with E-state index in [1.165, 1.54) is 0 Å². The van der Waals surface area contributed by atoms with Crippen molar-refractivity contribution in [2.45, 2.75) is 13.1 Å². The first-order valence-electron chi connectivity index (χ1n) is 8.70. The van der Waals surface area contributed by atoms with Gasteiger partial charge in [0.1, 0.15) is 5.52 Å². The summed E-state index contributed by atoms with van der Waals surface area (Å²) >= 11 is 0. The van der Waals surface area contributed by atoms with Crippen LogP contribution in [-0.2, 0) is 13.1 Å². The highest BCUT2D eigenvalue weighted by atomic mass is 16.5. The molecular formula is C20H18N6O2. The van der Waals surface area contributed by atoms with Gasteiger partial charge in [0.15, 0.2) is 5.65 Å². The quantitative estimate of drug-likeness (QED) is 0.556. The van der Waals surface area contributed by atoms with Gasteiger partial charge in [0, 0.05) is 37.4 Å². The number of nitrogens with zero attached hydrogens (tertiary/aromatic N) is 5. The van der Waals surface area contributed by atoms with Crippen LogP contribution >= 0.6 is 0 Å². The van der Waals surface area contributed by atoms with Crippen molar-refractivity contribution < 1.29 is 9.53 Å². The normalized spacial score (nSPS) is 10.8. The van der Waals surface area contributed by atoms with Crippen LogP contribution in [0.2, 0.25) is 0 Å². The SMILES string of the molecule is COc1ccc(CNC(=O)c2cnc3c(c2)ncn3Cc2cccnc2)cn1. The van der Waals surface area contributed by atoms with Gasteiger partial charge >= 0.3 is 0 Å². The number of hydrogen-bond donors (Lipinski definition) is 1. The number of carbonyl (C=O) groups is 1. The summed E-state index contributed by atoms with van der Waals surface area (Å²) in [7, 11) is 1.56. The van der Waals surface area contributed by atoms with Crippen LogP contribution in [-0.4, -0.2) is 37.5 Å². The Balaban J connectivity index is 1.45. The summed E-state index contributed by atoms with van der Waals surface area (Å²) in [5, 5.41) is 2.86. The molecule has 28 heavy (non-hydrogen) atoms. The van der Waals surface area contributed by atoms with Crippen LogP contribution < -0.4 is 10.1 Å². The summed E-state index contributed by atoms with van der Waals surface area (Å²) in [6, 6.07) is 9.23. The van der Waals surface area contributed by atoms with Crippen LogP contribution in [0, 0.1) is 0 Å². The third-order valence-electron chi connectivity index (χ3n) is 4.25. The zero-order chi connectivity index (χ0) is 19.3. The van der Waals surface area contributed by atoms with Crippen LogP contribution in [0.1, 0.15) is 21.5 Å². The number of imidazole rings is 1. The first-order chi connectivity index (χ1) is 13.7. The second-order valence-electron chi connectivity index (χ2n) is 6.19. The number of pyridine rings is 3. The maximum Gasteiger partial charge on any atom is 0.253 e. The monoisotopic (exact) mass is 374 g/mol. The Hall–Kier alpha value is -3.81. The van der Waals surface area contributed by atoms with Gasteiger partial charge in [0.25, 0.3) is 5.91 Å². The highest BCUT2D eigenvalue weighted by Gasteiger charge is 2.11. The van der Waals surface area contributed by atoms with E-state index in [4.69, 9.17) is 4.74 Å². The van der Waals surface area contributed by atoms with E-state index in [0.717, 1.165) is 16.8 Å². The molecule has 0 unspecified atom stereocenters. The van der Waals surface area contributed by atoms with E-state index in [1.807, 2.05) is 29.0 Å². The van der Waals surface area contributed by atoms with Gasteiger partial charge in [-0.25, -0.2) is 15.0 Å². The average Bonchev–Trinajstić information content (AvgIpc) is 3.15. The third-order valence-corrected chi connectivity index (χ3v) is 4.25. The average molecular weight is 374 g/mol. The molecule has 0 aliphatic carbocycles. The molecule has 0 saturated heterocycles. The summed E-state index contributed by atoms with van der Waals surface area (Å²) < 4.78 is 6.95. The fourth-order valence-electron chi connectivity index (χ4n) is 2.80. The van der Waals surface area contributed by atoms with E-state index in [9.17, 15) is 4.79 Å². The van der Waals surface area contributed by atoms with E-state index in [2.05, 4.69) is 25.3 Å². The largest absolute Gasteiger partial charge is 0.481 e. The van der Waals surface area contributed by atoms with Gasteiger partial charge in [-0.3, -0.25) is 9.78 Å². The Morgan fingerprint density at radius 2 is 2.04 bits per heavy atom. The number of rotatable bonds is 6. The van der Waals surface area contributed by atoms with Crippen molar-refractivity contribution in [3.05, 3.63) is 78.1 Å². The van der Waals surface area contributed by atoms with Gasteiger partial charge in [0.2, 0.25) is 5.88 Å². The van der Waals surface area contributed by atoms with Crippen molar-refractivity contribution in [1.82, 2.24) is 29.8 Å². The maximum atomic E-state index is 12.4. The van der Waals surface area contributed by atoms with Gasteiger partial charge in [-0.1, -0.05) is 12.1 Å². The molecule has 1 amide bonds. The fraction of sp³-hybridized carbons (Fsp3) is 0.150. The van der Waals surface area contributed by atoms with Gasteiger partial charge in [-0.2, -0.15) is 0 Å². The van der Waals surface area contributed by atoms with Crippen molar-refractivity contribution >= 4 is 17.1 Å². The minimum Gasteiger partial charge on any atom is -0.481 e. The van der Waals surface area contributed by atoms with E-state index >= 15 is 0 Å². The molecule has 0 radical (unpaired) electrons. The third kappa shape index (κ3) is 3.80. The number of fused-ring (bicyclic) bond motifs is 1. The summed E-state index contributed by atoms with van der Waals surface area (Å²) in [5.74, 6) is 0.318. The molecule has 8 nitrogen and oxygen atoms in total. The predicted octanol–water partition coefficient (Wildman–Crippen LogP) is 2.21. The second kappa shape index (κ2) is 7.83. The highest BCUT2D eigenvalue weighted by molar-refractivity contribution is 5.96. The number of carbonyl (C=O) groups excluding carboxylic acids is 1. The molecule has 140 valence electrons. The molecular weight excluding hydrogens is 356 g/mol. The van der Waals surface area contributed by atoms with E-state index in [-0.39, 0.29) is 5.91 Å². The standard InChI is InChI=1S/C20H18N6O2/c1-28-18-5-4-14(9-22-18)10-24-20(27)16-7-17-19(23-11-16)26(13-25-17)12-15-3-2-6-21-8-15/h2-9,11,13H,10,12H2,1H3,(H,24,27). The zero-order valence-electron chi connectivity index (χ0n) is 15.2. The molecule has 0 saturated carbocycles. The van der Waals surface area contributed by atoms with E-state index in [0.29, 0.717) is 30.0 Å². The number of methoxy groups -OCH3 is 1. The van der Waals surface area contributed by atoms with E-state index in [1.54, 1.807) is 44.2 Å². The minimum absolute atomic E-state index is 0.216. The number of amides is 1. The lowest BCUT2D eigenvalue weighted by atomic mass is 10.2. The van der Waals surface area contributed by atoms with Crippen molar-refractivity contribution in [1.29, 1.82) is 0 Å². The smallest absolute Gasteiger partial charge is 0.253 e. The maximum absolute atomic E-state index is 12.4. The number of hydrogen-bond acceptors (Lipinski definition) is 6. The molecule has 0 aliphatic heterocycles. The minimum atomic E-state index is -0.216. The number of aromatic nitrogens is 5. The molecule has 1 N–H and O–H groups in total. The van der Waals surface area contributed by atoms with Crippen LogP contribution in [0.3, 0.4) is 0 Å². The summed E-state index contributed by atoms with van der Waals surface area (Å²) in [5.41, 5.74) is 3.78. The second-order valence-corrected chi connectivity index (χ2v) is 6.19. The van der Waals surface area contributed by atoms with Gasteiger partial charge in [-0.05, 0) is 23.3 Å². The Bertz CT molecular complexity index is 1090. The van der Waals surface area contributed by atoms with Gasteiger partial charge < -0.3 is 14.6 Å². The molecule has 0 fully saturated rings. The predicted molar refractivity (Wildman–Crippen MR) is 103 cm³/mol. The zero-order valence-corrected chi connectivity index (χ0v) is 15.2. The molecule has 4 aromatic heterocycles. The highest BCUT2D eigenvalue weighted by Crippen LogP contribution is 2.14. The molecule has 0 aliphatic rings. The summed E-state index contributed by atoms with van der Waals surface area (Å²) in [6.07, 6.45) is 8.49.